The molecule has 0 N–H and O–H groups in total. The SMILES string of the molecule is COc1cc(OC)cc(C(C#N)(CCC(=O)OC(C)C)CCC(=O)OC(C)C)c1. The maximum absolute atomic E-state index is 12.1. The second-order valence-electron chi connectivity index (χ2n) is 7.37. The highest BCUT2D eigenvalue weighted by atomic mass is 16.5. The Labute approximate surface area is 172 Å². The van der Waals surface area contributed by atoms with Gasteiger partial charge in [-0.15, -0.1) is 0 Å². The summed E-state index contributed by atoms with van der Waals surface area (Å²) in [6.45, 7) is 7.07. The highest BCUT2D eigenvalue weighted by Crippen LogP contribution is 2.38. The molecule has 0 aliphatic rings. The van der Waals surface area contributed by atoms with Gasteiger partial charge in [-0.3, -0.25) is 9.59 Å². The summed E-state index contributed by atoms with van der Waals surface area (Å²) in [5, 5.41) is 10.1. The molecule has 0 radical (unpaired) electrons. The summed E-state index contributed by atoms with van der Waals surface area (Å²) in [7, 11) is 3.04. The average molecular weight is 405 g/mol. The number of esters is 2. The van der Waals surface area contributed by atoms with Crippen LogP contribution >= 0.6 is 0 Å². The molecule has 7 nitrogen and oxygen atoms in total. The summed E-state index contributed by atoms with van der Waals surface area (Å²) in [5.74, 6) is 0.264. The van der Waals surface area contributed by atoms with Crippen molar-refractivity contribution in [1.29, 1.82) is 5.26 Å². The molecule has 0 bridgehead atoms. The minimum atomic E-state index is -1.10. The van der Waals surface area contributed by atoms with Crippen LogP contribution in [0.4, 0.5) is 0 Å². The van der Waals surface area contributed by atoms with Gasteiger partial charge in [-0.2, -0.15) is 5.26 Å². The molecule has 7 heteroatoms. The summed E-state index contributed by atoms with van der Waals surface area (Å²) in [6, 6.07) is 7.48. The van der Waals surface area contributed by atoms with Gasteiger partial charge in [-0.25, -0.2) is 0 Å². The van der Waals surface area contributed by atoms with E-state index in [4.69, 9.17) is 18.9 Å². The number of benzene rings is 1. The minimum absolute atomic E-state index is 0.0461. The monoisotopic (exact) mass is 405 g/mol. The molecule has 0 aliphatic carbocycles. The Bertz CT molecular complexity index is 687. The van der Waals surface area contributed by atoms with Crippen molar-refractivity contribution in [3.05, 3.63) is 23.8 Å². The van der Waals surface area contributed by atoms with Crippen LogP contribution in [0.5, 0.6) is 11.5 Å². The molecule has 0 unspecified atom stereocenters. The van der Waals surface area contributed by atoms with Crippen molar-refractivity contribution in [3.8, 4) is 17.6 Å². The number of hydrogen-bond acceptors (Lipinski definition) is 7. The third kappa shape index (κ3) is 7.65. The van der Waals surface area contributed by atoms with E-state index in [9.17, 15) is 14.9 Å². The molecule has 0 heterocycles. The van der Waals surface area contributed by atoms with Gasteiger partial charge < -0.3 is 18.9 Å². The van der Waals surface area contributed by atoms with Crippen LogP contribution in [0.25, 0.3) is 0 Å². The summed E-state index contributed by atoms with van der Waals surface area (Å²) < 4.78 is 21.1. The van der Waals surface area contributed by atoms with E-state index >= 15 is 0 Å². The number of nitrogens with zero attached hydrogens (tertiary/aromatic N) is 1. The first kappa shape index (κ1) is 24.3. The summed E-state index contributed by atoms with van der Waals surface area (Å²) in [6.07, 6.45) is 0.00387. The lowest BCUT2D eigenvalue weighted by Gasteiger charge is -2.28. The molecule has 0 saturated heterocycles. The number of hydrogen-bond donors (Lipinski definition) is 0. The summed E-state index contributed by atoms with van der Waals surface area (Å²) in [4.78, 5) is 24.2. The van der Waals surface area contributed by atoms with Crippen LogP contribution in [0, 0.1) is 11.3 Å². The van der Waals surface area contributed by atoms with Gasteiger partial charge in [0.05, 0.1) is 37.9 Å². The fourth-order valence-corrected chi connectivity index (χ4v) is 2.95. The van der Waals surface area contributed by atoms with Crippen molar-refractivity contribution in [1.82, 2.24) is 0 Å². The van der Waals surface area contributed by atoms with Gasteiger partial charge in [-0.05, 0) is 58.2 Å². The van der Waals surface area contributed by atoms with Crippen molar-refractivity contribution in [2.24, 2.45) is 0 Å². The van der Waals surface area contributed by atoms with Gasteiger partial charge in [-0.1, -0.05) is 0 Å². The van der Waals surface area contributed by atoms with Crippen LogP contribution < -0.4 is 9.47 Å². The second kappa shape index (κ2) is 11.3. The molecular formula is C22H31NO6. The first-order chi connectivity index (χ1) is 13.7. The van der Waals surface area contributed by atoms with E-state index in [1.807, 2.05) is 0 Å². The Morgan fingerprint density at radius 2 is 1.31 bits per heavy atom. The van der Waals surface area contributed by atoms with E-state index in [1.165, 1.54) is 14.2 Å². The zero-order valence-corrected chi connectivity index (χ0v) is 18.1. The molecular weight excluding hydrogens is 374 g/mol. The Kier molecular flexibility index (Phi) is 9.46. The van der Waals surface area contributed by atoms with Crippen molar-refractivity contribution in [2.45, 2.75) is 71.0 Å². The predicted molar refractivity (Wildman–Crippen MR) is 108 cm³/mol. The minimum Gasteiger partial charge on any atom is -0.497 e. The molecule has 0 fully saturated rings. The fraction of sp³-hybridized carbons (Fsp3) is 0.591. The first-order valence-electron chi connectivity index (χ1n) is 9.69. The average Bonchev–Trinajstić information content (AvgIpc) is 2.67. The second-order valence-corrected chi connectivity index (χ2v) is 7.37. The van der Waals surface area contributed by atoms with Crippen molar-refractivity contribution >= 4 is 11.9 Å². The largest absolute Gasteiger partial charge is 0.497 e. The highest BCUT2D eigenvalue weighted by molar-refractivity contribution is 5.71. The number of methoxy groups -OCH3 is 2. The molecule has 0 spiro atoms. The molecule has 1 aromatic rings. The van der Waals surface area contributed by atoms with Crippen LogP contribution in [0.3, 0.4) is 0 Å². The topological polar surface area (TPSA) is 94.9 Å². The zero-order chi connectivity index (χ0) is 22.0. The van der Waals surface area contributed by atoms with Crippen LogP contribution in [0.15, 0.2) is 18.2 Å². The molecule has 0 saturated carbocycles. The quantitative estimate of drug-likeness (QED) is 0.515. The summed E-state index contributed by atoms with van der Waals surface area (Å²) in [5.41, 5.74) is -0.487. The number of rotatable bonds is 11. The molecule has 0 aromatic heterocycles. The van der Waals surface area contributed by atoms with Gasteiger partial charge >= 0.3 is 11.9 Å². The van der Waals surface area contributed by atoms with Crippen LogP contribution in [0.2, 0.25) is 0 Å². The van der Waals surface area contributed by atoms with Gasteiger partial charge in [0.2, 0.25) is 0 Å². The van der Waals surface area contributed by atoms with E-state index in [2.05, 4.69) is 6.07 Å². The molecule has 29 heavy (non-hydrogen) atoms. The van der Waals surface area contributed by atoms with E-state index in [1.54, 1.807) is 45.9 Å². The lowest BCUT2D eigenvalue weighted by atomic mass is 9.74. The lowest BCUT2D eigenvalue weighted by Crippen LogP contribution is -2.28. The molecule has 0 amide bonds. The first-order valence-corrected chi connectivity index (χ1v) is 9.69. The molecule has 1 aromatic carbocycles. The van der Waals surface area contributed by atoms with E-state index < -0.39 is 5.41 Å². The number of ether oxygens (including phenoxy) is 4. The summed E-state index contributed by atoms with van der Waals surface area (Å²) >= 11 is 0. The molecule has 0 aliphatic heterocycles. The molecule has 160 valence electrons. The van der Waals surface area contributed by atoms with Crippen molar-refractivity contribution in [2.75, 3.05) is 14.2 Å². The number of nitriles is 1. The van der Waals surface area contributed by atoms with E-state index in [0.717, 1.165) is 0 Å². The van der Waals surface area contributed by atoms with Gasteiger partial charge in [0.15, 0.2) is 0 Å². The normalized spacial score (nSPS) is 11.1. The predicted octanol–water partition coefficient (Wildman–Crippen LogP) is 3.93. The van der Waals surface area contributed by atoms with Crippen molar-refractivity contribution < 1.29 is 28.5 Å². The van der Waals surface area contributed by atoms with Crippen LogP contribution in [-0.2, 0) is 24.5 Å². The molecule has 1 rings (SSSR count). The standard InChI is InChI=1S/C22H31NO6/c1-15(2)28-20(24)7-9-22(14-23,10-8-21(25)29-16(3)4)17-11-18(26-5)13-19(12-17)27-6/h11-13,15-16H,7-10H2,1-6H3. The fourth-order valence-electron chi connectivity index (χ4n) is 2.95. The Hall–Kier alpha value is -2.75. The Morgan fingerprint density at radius 3 is 1.62 bits per heavy atom. The Balaban J connectivity index is 3.22. The van der Waals surface area contributed by atoms with Crippen LogP contribution in [0.1, 0.15) is 58.9 Å². The Morgan fingerprint density at radius 1 is 0.897 bits per heavy atom. The van der Waals surface area contributed by atoms with Gasteiger partial charge in [0, 0.05) is 18.9 Å². The zero-order valence-electron chi connectivity index (χ0n) is 18.1. The third-order valence-corrected chi connectivity index (χ3v) is 4.36. The maximum atomic E-state index is 12.1. The highest BCUT2D eigenvalue weighted by Gasteiger charge is 2.35. The molecule has 0 atom stereocenters. The smallest absolute Gasteiger partial charge is 0.306 e. The van der Waals surface area contributed by atoms with E-state index in [-0.39, 0.29) is 49.8 Å². The van der Waals surface area contributed by atoms with E-state index in [0.29, 0.717) is 17.1 Å². The maximum Gasteiger partial charge on any atom is 0.306 e. The van der Waals surface area contributed by atoms with Crippen LogP contribution in [-0.4, -0.2) is 38.4 Å². The number of carbonyl (C=O) groups is 2. The lowest BCUT2D eigenvalue weighted by molar-refractivity contribution is -0.147. The van der Waals surface area contributed by atoms with Gasteiger partial charge in [0.25, 0.3) is 0 Å². The number of carbonyl (C=O) groups excluding carboxylic acids is 2. The van der Waals surface area contributed by atoms with Gasteiger partial charge in [0.1, 0.15) is 11.5 Å². The third-order valence-electron chi connectivity index (χ3n) is 4.36. The van der Waals surface area contributed by atoms with Crippen molar-refractivity contribution in [3.63, 3.8) is 0 Å².